The molecule has 1 aromatic carbocycles. The van der Waals surface area contributed by atoms with Gasteiger partial charge in [-0.15, -0.1) is 0 Å². The van der Waals surface area contributed by atoms with Crippen molar-refractivity contribution in [1.82, 2.24) is 0 Å². The lowest BCUT2D eigenvalue weighted by molar-refractivity contribution is -0.109. The third kappa shape index (κ3) is 4.81. The Kier molecular flexibility index (Phi) is 6.27. The highest BCUT2D eigenvalue weighted by Gasteiger charge is 2.16. The summed E-state index contributed by atoms with van der Waals surface area (Å²) in [6.07, 6.45) is -0.434. The molecule has 0 fully saturated rings. The summed E-state index contributed by atoms with van der Waals surface area (Å²) in [7, 11) is 3.05. The number of rotatable bonds is 7. The van der Waals surface area contributed by atoms with E-state index >= 15 is 0 Å². The van der Waals surface area contributed by atoms with Gasteiger partial charge < -0.3 is 19.5 Å². The maximum Gasteiger partial charge on any atom is 0.387 e. The summed E-state index contributed by atoms with van der Waals surface area (Å²) in [5.41, 5.74) is 0.651. The van der Waals surface area contributed by atoms with Gasteiger partial charge in [0.15, 0.2) is 6.29 Å². The molecule has 0 spiro atoms. The van der Waals surface area contributed by atoms with Gasteiger partial charge in [-0.05, 0) is 25.1 Å². The van der Waals surface area contributed by atoms with Gasteiger partial charge in [0.25, 0.3) is 0 Å². The van der Waals surface area contributed by atoms with Crippen LogP contribution in [0.5, 0.6) is 5.75 Å². The van der Waals surface area contributed by atoms with E-state index in [9.17, 15) is 8.78 Å². The highest BCUT2D eigenvalue weighted by Crippen LogP contribution is 2.29. The van der Waals surface area contributed by atoms with E-state index in [1.54, 1.807) is 6.07 Å². The molecule has 7 heteroatoms. The number of anilines is 1. The van der Waals surface area contributed by atoms with Crippen molar-refractivity contribution >= 4 is 17.3 Å². The van der Waals surface area contributed by atoms with E-state index in [1.165, 1.54) is 26.4 Å². The molecular formula is C12H16ClF2NO3. The van der Waals surface area contributed by atoms with Crippen molar-refractivity contribution in [3.63, 3.8) is 0 Å². The summed E-state index contributed by atoms with van der Waals surface area (Å²) in [4.78, 5) is 0. The van der Waals surface area contributed by atoms with E-state index in [1.807, 2.05) is 6.92 Å². The second-order valence-corrected chi connectivity index (χ2v) is 4.20. The van der Waals surface area contributed by atoms with Crippen LogP contribution < -0.4 is 10.1 Å². The lowest BCUT2D eigenvalue weighted by Gasteiger charge is -2.23. The van der Waals surface area contributed by atoms with Gasteiger partial charge in [0.2, 0.25) is 0 Å². The molecule has 1 N–H and O–H groups in total. The van der Waals surface area contributed by atoms with Crippen LogP contribution in [0.3, 0.4) is 0 Å². The van der Waals surface area contributed by atoms with Crippen molar-refractivity contribution in [2.75, 3.05) is 19.5 Å². The number of ether oxygens (including phenoxy) is 3. The van der Waals surface area contributed by atoms with Crippen LogP contribution in [0.15, 0.2) is 18.2 Å². The first kappa shape index (κ1) is 15.9. The second-order valence-electron chi connectivity index (χ2n) is 3.80. The number of hydrogen-bond donors (Lipinski definition) is 1. The Balaban J connectivity index is 2.72. The number of methoxy groups -OCH3 is 2. The van der Waals surface area contributed by atoms with Crippen LogP contribution in [0.25, 0.3) is 0 Å². The lowest BCUT2D eigenvalue weighted by Crippen LogP contribution is -2.33. The predicted molar refractivity (Wildman–Crippen MR) is 69.0 cm³/mol. The third-order valence-electron chi connectivity index (χ3n) is 2.42. The van der Waals surface area contributed by atoms with Crippen LogP contribution in [0.2, 0.25) is 5.02 Å². The van der Waals surface area contributed by atoms with E-state index in [0.29, 0.717) is 5.69 Å². The molecule has 0 aromatic heterocycles. The van der Waals surface area contributed by atoms with Gasteiger partial charge in [0, 0.05) is 19.9 Å². The summed E-state index contributed by atoms with van der Waals surface area (Å²) in [6.45, 7) is -1.05. The Morgan fingerprint density at radius 1 is 1.21 bits per heavy atom. The fourth-order valence-electron chi connectivity index (χ4n) is 1.62. The topological polar surface area (TPSA) is 39.7 Å². The minimum absolute atomic E-state index is 0.0649. The molecule has 0 aliphatic heterocycles. The molecule has 0 amide bonds. The molecule has 0 heterocycles. The molecule has 1 atom stereocenters. The Labute approximate surface area is 115 Å². The standard InChI is InChI=1S/C12H16ClF2NO3/c1-7(11(17-2)18-3)16-8-4-5-10(9(13)6-8)19-12(14)15/h4-7,11-12,16H,1-3H3. The largest absolute Gasteiger partial charge is 0.433 e. The summed E-state index contributed by atoms with van der Waals surface area (Å²) >= 11 is 5.84. The molecule has 1 rings (SSSR count). The monoisotopic (exact) mass is 295 g/mol. The zero-order chi connectivity index (χ0) is 14.4. The maximum absolute atomic E-state index is 12.1. The first-order valence-corrected chi connectivity index (χ1v) is 5.92. The Morgan fingerprint density at radius 3 is 2.32 bits per heavy atom. The highest BCUT2D eigenvalue weighted by molar-refractivity contribution is 6.32. The summed E-state index contributed by atoms with van der Waals surface area (Å²) in [6, 6.07) is 4.31. The smallest absolute Gasteiger partial charge is 0.387 e. The molecule has 0 aliphatic rings. The number of nitrogens with one attached hydrogen (secondary N) is 1. The van der Waals surface area contributed by atoms with Crippen LogP contribution in [-0.2, 0) is 9.47 Å². The molecule has 108 valence electrons. The summed E-state index contributed by atoms with van der Waals surface area (Å²) in [5, 5.41) is 3.19. The van der Waals surface area contributed by atoms with Crippen LogP contribution in [0.1, 0.15) is 6.92 Å². The van der Waals surface area contributed by atoms with Crippen LogP contribution in [0, 0.1) is 0 Å². The molecule has 0 saturated carbocycles. The van der Waals surface area contributed by atoms with Crippen molar-refractivity contribution < 1.29 is 23.0 Å². The Hall–Kier alpha value is -1.11. The third-order valence-corrected chi connectivity index (χ3v) is 2.71. The quantitative estimate of drug-likeness (QED) is 0.783. The van der Waals surface area contributed by atoms with Crippen molar-refractivity contribution in [1.29, 1.82) is 0 Å². The maximum atomic E-state index is 12.1. The van der Waals surface area contributed by atoms with Gasteiger partial charge in [0.1, 0.15) is 5.75 Å². The van der Waals surface area contributed by atoms with Crippen LogP contribution in [0.4, 0.5) is 14.5 Å². The van der Waals surface area contributed by atoms with E-state index in [-0.39, 0.29) is 16.8 Å². The Morgan fingerprint density at radius 2 is 1.84 bits per heavy atom. The van der Waals surface area contributed by atoms with Crippen molar-refractivity contribution in [3.05, 3.63) is 23.2 Å². The number of hydrogen-bond acceptors (Lipinski definition) is 4. The fourth-order valence-corrected chi connectivity index (χ4v) is 1.84. The van der Waals surface area contributed by atoms with E-state index < -0.39 is 12.9 Å². The zero-order valence-corrected chi connectivity index (χ0v) is 11.6. The molecule has 19 heavy (non-hydrogen) atoms. The van der Waals surface area contributed by atoms with Gasteiger partial charge in [-0.1, -0.05) is 11.6 Å². The first-order chi connectivity index (χ1) is 8.97. The average Bonchev–Trinajstić information content (AvgIpc) is 2.33. The molecule has 0 radical (unpaired) electrons. The molecule has 1 aromatic rings. The van der Waals surface area contributed by atoms with E-state index in [0.717, 1.165) is 0 Å². The zero-order valence-electron chi connectivity index (χ0n) is 10.8. The Bertz CT molecular complexity index is 403. The first-order valence-electron chi connectivity index (χ1n) is 5.54. The van der Waals surface area contributed by atoms with Crippen molar-refractivity contribution in [3.8, 4) is 5.75 Å². The predicted octanol–water partition coefficient (Wildman–Crippen LogP) is 3.36. The summed E-state index contributed by atoms with van der Waals surface area (Å²) in [5.74, 6) is -0.0649. The van der Waals surface area contributed by atoms with E-state index in [2.05, 4.69) is 10.1 Å². The number of benzene rings is 1. The lowest BCUT2D eigenvalue weighted by atomic mass is 10.2. The molecule has 1 unspecified atom stereocenters. The molecule has 0 bridgehead atoms. The number of halogens is 3. The fraction of sp³-hybridized carbons (Fsp3) is 0.500. The molecule has 4 nitrogen and oxygen atoms in total. The van der Waals surface area contributed by atoms with Crippen LogP contribution in [-0.4, -0.2) is 33.2 Å². The normalized spacial score (nSPS) is 12.8. The minimum Gasteiger partial charge on any atom is -0.433 e. The van der Waals surface area contributed by atoms with Crippen LogP contribution >= 0.6 is 11.6 Å². The van der Waals surface area contributed by atoms with Gasteiger partial charge >= 0.3 is 6.61 Å². The van der Waals surface area contributed by atoms with Gasteiger partial charge in [0.05, 0.1) is 11.1 Å². The van der Waals surface area contributed by atoms with Gasteiger partial charge in [-0.3, -0.25) is 0 Å². The number of alkyl halides is 2. The SMILES string of the molecule is COC(OC)C(C)Nc1ccc(OC(F)F)c(Cl)c1. The summed E-state index contributed by atoms with van der Waals surface area (Å²) < 4.78 is 38.6. The molecule has 0 aliphatic carbocycles. The molecular weight excluding hydrogens is 280 g/mol. The average molecular weight is 296 g/mol. The van der Waals surface area contributed by atoms with Gasteiger partial charge in [-0.25, -0.2) is 0 Å². The van der Waals surface area contributed by atoms with Crippen molar-refractivity contribution in [2.45, 2.75) is 25.9 Å². The highest BCUT2D eigenvalue weighted by atomic mass is 35.5. The molecule has 0 saturated heterocycles. The van der Waals surface area contributed by atoms with Crippen molar-refractivity contribution in [2.24, 2.45) is 0 Å². The second kappa shape index (κ2) is 7.47. The minimum atomic E-state index is -2.90. The van der Waals surface area contributed by atoms with E-state index in [4.69, 9.17) is 21.1 Å². The van der Waals surface area contributed by atoms with Gasteiger partial charge in [-0.2, -0.15) is 8.78 Å².